The maximum Gasteiger partial charge on any atom is 0.282 e. The Morgan fingerprint density at radius 1 is 1.12 bits per heavy atom. The van der Waals surface area contributed by atoms with Crippen LogP contribution in [0.2, 0.25) is 0 Å². The smallest absolute Gasteiger partial charge is 0.282 e. The Bertz CT molecular complexity index is 335. The van der Waals surface area contributed by atoms with Crippen LogP contribution < -0.4 is 5.73 Å². The first kappa shape index (κ1) is 13.3. The van der Waals surface area contributed by atoms with Crippen molar-refractivity contribution < 1.29 is 8.42 Å². The summed E-state index contributed by atoms with van der Waals surface area (Å²) >= 11 is 0. The summed E-state index contributed by atoms with van der Waals surface area (Å²) in [5.74, 6) is 0. The molecule has 1 aliphatic heterocycles. The van der Waals surface area contributed by atoms with Crippen LogP contribution in [0.5, 0.6) is 0 Å². The molecule has 1 saturated carbocycles. The molecule has 0 amide bonds. The van der Waals surface area contributed by atoms with Gasteiger partial charge in [-0.1, -0.05) is 12.8 Å². The van der Waals surface area contributed by atoms with E-state index in [1.165, 1.54) is 0 Å². The highest BCUT2D eigenvalue weighted by atomic mass is 32.2. The van der Waals surface area contributed by atoms with Crippen LogP contribution in [-0.2, 0) is 10.2 Å². The predicted molar refractivity (Wildman–Crippen MR) is 67.7 cm³/mol. The highest BCUT2D eigenvalue weighted by molar-refractivity contribution is 7.86. The van der Waals surface area contributed by atoms with E-state index < -0.39 is 10.2 Å². The lowest BCUT2D eigenvalue weighted by Crippen LogP contribution is -2.53. The second-order valence-electron chi connectivity index (χ2n) is 4.95. The van der Waals surface area contributed by atoms with Crippen LogP contribution in [-0.4, -0.2) is 49.2 Å². The molecule has 6 heteroatoms. The molecule has 0 aromatic carbocycles. The Labute approximate surface area is 104 Å². The van der Waals surface area contributed by atoms with Crippen LogP contribution in [0.25, 0.3) is 0 Å². The summed E-state index contributed by atoms with van der Waals surface area (Å²) in [6.45, 7) is 2.22. The van der Waals surface area contributed by atoms with E-state index in [9.17, 15) is 8.42 Å². The first-order valence-electron chi connectivity index (χ1n) is 6.63. The SMILES string of the molecule is NCCN(C1CCC1)S(=O)(=O)N1CCCCC1. The molecule has 0 aromatic heterocycles. The fourth-order valence-electron chi connectivity index (χ4n) is 2.53. The molecule has 2 rings (SSSR count). The lowest BCUT2D eigenvalue weighted by atomic mass is 9.93. The van der Waals surface area contributed by atoms with Crippen molar-refractivity contribution in [2.45, 2.75) is 44.6 Å². The van der Waals surface area contributed by atoms with Gasteiger partial charge in [0.25, 0.3) is 10.2 Å². The minimum absolute atomic E-state index is 0.200. The molecule has 1 saturated heterocycles. The van der Waals surface area contributed by atoms with Gasteiger partial charge >= 0.3 is 0 Å². The Kier molecular flexibility index (Phi) is 4.41. The van der Waals surface area contributed by atoms with Gasteiger partial charge in [0.15, 0.2) is 0 Å². The summed E-state index contributed by atoms with van der Waals surface area (Å²) in [5, 5.41) is 0. The molecule has 17 heavy (non-hydrogen) atoms. The zero-order chi connectivity index (χ0) is 12.3. The molecule has 0 atom stereocenters. The minimum Gasteiger partial charge on any atom is -0.329 e. The van der Waals surface area contributed by atoms with Crippen LogP contribution in [0.1, 0.15) is 38.5 Å². The number of piperidine rings is 1. The fraction of sp³-hybridized carbons (Fsp3) is 1.00. The number of nitrogens with two attached hydrogens (primary N) is 1. The van der Waals surface area contributed by atoms with Crippen molar-refractivity contribution in [1.82, 2.24) is 8.61 Å². The van der Waals surface area contributed by atoms with E-state index in [1.807, 2.05) is 0 Å². The summed E-state index contributed by atoms with van der Waals surface area (Å²) in [5.41, 5.74) is 5.55. The third-order valence-electron chi connectivity index (χ3n) is 3.77. The molecule has 2 aliphatic rings. The van der Waals surface area contributed by atoms with Gasteiger partial charge in [-0.2, -0.15) is 17.0 Å². The van der Waals surface area contributed by atoms with Gasteiger partial charge in [0.1, 0.15) is 0 Å². The Morgan fingerprint density at radius 3 is 2.24 bits per heavy atom. The van der Waals surface area contributed by atoms with Crippen LogP contribution in [0.4, 0.5) is 0 Å². The molecule has 0 unspecified atom stereocenters. The zero-order valence-electron chi connectivity index (χ0n) is 10.3. The molecular weight excluding hydrogens is 238 g/mol. The average Bonchev–Trinajstić information content (AvgIpc) is 2.27. The van der Waals surface area contributed by atoms with E-state index in [0.717, 1.165) is 38.5 Å². The molecule has 0 aromatic rings. The van der Waals surface area contributed by atoms with Crippen molar-refractivity contribution >= 4 is 10.2 Å². The summed E-state index contributed by atoms with van der Waals surface area (Å²) in [7, 11) is -3.26. The molecule has 1 heterocycles. The van der Waals surface area contributed by atoms with Crippen LogP contribution >= 0.6 is 0 Å². The first-order valence-corrected chi connectivity index (χ1v) is 8.03. The lowest BCUT2D eigenvalue weighted by molar-refractivity contribution is 0.202. The normalized spacial score (nSPS) is 23.9. The molecule has 1 aliphatic carbocycles. The fourth-order valence-corrected chi connectivity index (χ4v) is 4.47. The number of hydrogen-bond acceptors (Lipinski definition) is 3. The summed E-state index contributed by atoms with van der Waals surface area (Å²) < 4.78 is 28.3. The standard InChI is InChI=1S/C11H23N3O2S/c12-7-10-14(11-5-4-6-11)17(15,16)13-8-2-1-3-9-13/h11H,1-10,12H2. The first-order chi connectivity index (χ1) is 8.16. The number of hydrogen-bond donors (Lipinski definition) is 1. The quantitative estimate of drug-likeness (QED) is 0.785. The Morgan fingerprint density at radius 2 is 1.76 bits per heavy atom. The summed E-state index contributed by atoms with van der Waals surface area (Å²) in [6.07, 6.45) is 6.24. The number of rotatable bonds is 5. The van der Waals surface area contributed by atoms with Gasteiger partial charge in [-0.25, -0.2) is 0 Å². The minimum atomic E-state index is -3.26. The third kappa shape index (κ3) is 2.81. The maximum absolute atomic E-state index is 12.5. The van der Waals surface area contributed by atoms with Crippen LogP contribution in [0.15, 0.2) is 0 Å². The molecule has 0 radical (unpaired) electrons. The van der Waals surface area contributed by atoms with Gasteiger partial charge in [0.2, 0.25) is 0 Å². The van der Waals surface area contributed by atoms with Crippen molar-refractivity contribution in [2.24, 2.45) is 5.73 Å². The highest BCUT2D eigenvalue weighted by Gasteiger charge is 2.37. The monoisotopic (exact) mass is 261 g/mol. The molecule has 0 bridgehead atoms. The van der Waals surface area contributed by atoms with E-state index in [2.05, 4.69) is 0 Å². The van der Waals surface area contributed by atoms with E-state index in [1.54, 1.807) is 8.61 Å². The average molecular weight is 261 g/mol. The molecule has 2 N–H and O–H groups in total. The van der Waals surface area contributed by atoms with Gasteiger partial charge in [-0.15, -0.1) is 0 Å². The van der Waals surface area contributed by atoms with E-state index in [-0.39, 0.29) is 6.04 Å². The maximum atomic E-state index is 12.5. The highest BCUT2D eigenvalue weighted by Crippen LogP contribution is 2.28. The summed E-state index contributed by atoms with van der Waals surface area (Å²) in [4.78, 5) is 0. The molecule has 5 nitrogen and oxygen atoms in total. The second kappa shape index (κ2) is 5.65. The molecule has 2 fully saturated rings. The van der Waals surface area contributed by atoms with E-state index >= 15 is 0 Å². The lowest BCUT2D eigenvalue weighted by Gasteiger charge is -2.40. The number of nitrogens with zero attached hydrogens (tertiary/aromatic N) is 2. The van der Waals surface area contributed by atoms with Crippen molar-refractivity contribution in [3.63, 3.8) is 0 Å². The van der Waals surface area contributed by atoms with Crippen molar-refractivity contribution in [3.05, 3.63) is 0 Å². The van der Waals surface area contributed by atoms with E-state index in [0.29, 0.717) is 26.2 Å². The zero-order valence-corrected chi connectivity index (χ0v) is 11.2. The Balaban J connectivity index is 2.08. The van der Waals surface area contributed by atoms with E-state index in [4.69, 9.17) is 5.73 Å². The molecule has 100 valence electrons. The Hall–Kier alpha value is -0.170. The van der Waals surface area contributed by atoms with Crippen LogP contribution in [0, 0.1) is 0 Å². The van der Waals surface area contributed by atoms with Gasteiger partial charge in [0.05, 0.1) is 0 Å². The van der Waals surface area contributed by atoms with Gasteiger partial charge in [0, 0.05) is 32.2 Å². The van der Waals surface area contributed by atoms with Gasteiger partial charge < -0.3 is 5.73 Å². The topological polar surface area (TPSA) is 66.6 Å². The van der Waals surface area contributed by atoms with Crippen molar-refractivity contribution in [1.29, 1.82) is 0 Å². The van der Waals surface area contributed by atoms with Crippen molar-refractivity contribution in [3.8, 4) is 0 Å². The molecular formula is C11H23N3O2S. The van der Waals surface area contributed by atoms with Gasteiger partial charge in [-0.05, 0) is 25.7 Å². The third-order valence-corrected chi connectivity index (χ3v) is 5.86. The second-order valence-corrected chi connectivity index (χ2v) is 6.83. The molecule has 0 spiro atoms. The van der Waals surface area contributed by atoms with Crippen molar-refractivity contribution in [2.75, 3.05) is 26.2 Å². The summed E-state index contributed by atoms with van der Waals surface area (Å²) in [6, 6.07) is 0.200. The largest absolute Gasteiger partial charge is 0.329 e. The predicted octanol–water partition coefficient (Wildman–Crippen LogP) is 0.530. The van der Waals surface area contributed by atoms with Crippen LogP contribution in [0.3, 0.4) is 0 Å². The van der Waals surface area contributed by atoms with Gasteiger partial charge in [-0.3, -0.25) is 0 Å².